The Kier molecular flexibility index (Phi) is 15.9. The molecule has 0 amide bonds. The number of halogens is 1. The number of rotatable bonds is 2. The van der Waals surface area contributed by atoms with Crippen molar-refractivity contribution in [2.24, 2.45) is 0 Å². The van der Waals surface area contributed by atoms with Gasteiger partial charge in [0.15, 0.2) is 0 Å². The van der Waals surface area contributed by atoms with Crippen molar-refractivity contribution in [1.29, 1.82) is 0 Å². The average Bonchev–Trinajstić information content (AvgIpc) is 2.43. The molecule has 1 aliphatic heterocycles. The van der Waals surface area contributed by atoms with E-state index in [4.69, 9.17) is 4.74 Å². The largest absolute Gasteiger partial charge is 1.00 e. The van der Waals surface area contributed by atoms with E-state index in [1.54, 1.807) is 0 Å². The molecule has 0 aromatic heterocycles. The van der Waals surface area contributed by atoms with Crippen LogP contribution in [0.15, 0.2) is 0 Å². The van der Waals surface area contributed by atoms with Crippen molar-refractivity contribution in [2.75, 3.05) is 6.61 Å². The van der Waals surface area contributed by atoms with Gasteiger partial charge in [-0.3, -0.25) is 0 Å². The van der Waals surface area contributed by atoms with Crippen LogP contribution in [0.3, 0.4) is 0 Å². The van der Waals surface area contributed by atoms with Crippen LogP contribution in [0.4, 0.5) is 0 Å². The fourth-order valence-corrected chi connectivity index (χ4v) is 1.49. The molecule has 0 saturated carbocycles. The molecule has 1 unspecified atom stereocenters. The molecule has 1 rings (SSSR count). The van der Waals surface area contributed by atoms with Gasteiger partial charge in [-0.05, 0) is 19.8 Å². The molecular formula is C9H19BrMgO. The van der Waals surface area contributed by atoms with Gasteiger partial charge >= 0.3 is 46.0 Å². The summed E-state index contributed by atoms with van der Waals surface area (Å²) in [4.78, 5) is 0. The van der Waals surface area contributed by atoms with Crippen LogP contribution >= 0.6 is 0 Å². The van der Waals surface area contributed by atoms with Crippen molar-refractivity contribution in [3.8, 4) is 0 Å². The van der Waals surface area contributed by atoms with Crippen LogP contribution in [0.25, 0.3) is 0 Å². The monoisotopic (exact) mass is 246 g/mol. The zero-order valence-corrected chi connectivity index (χ0v) is 11.3. The van der Waals surface area contributed by atoms with E-state index in [9.17, 15) is 0 Å². The summed E-state index contributed by atoms with van der Waals surface area (Å²) in [5, 5.41) is 0. The van der Waals surface area contributed by atoms with Gasteiger partial charge in [-0.1, -0.05) is 0 Å². The molecule has 1 aliphatic rings. The van der Waals surface area contributed by atoms with Gasteiger partial charge in [-0.2, -0.15) is 0 Å². The third-order valence-corrected chi connectivity index (χ3v) is 2.26. The van der Waals surface area contributed by atoms with Crippen LogP contribution in [0, 0.1) is 0 Å². The van der Waals surface area contributed by atoms with E-state index in [1.807, 2.05) is 21.7 Å². The van der Waals surface area contributed by atoms with Crippen molar-refractivity contribution < 1.29 is 21.7 Å². The molecule has 1 fully saturated rings. The first-order valence-corrected chi connectivity index (χ1v) is 5.72. The fourth-order valence-electron chi connectivity index (χ4n) is 0.989. The summed E-state index contributed by atoms with van der Waals surface area (Å²) in [7, 11) is 0. The SMILES string of the molecule is CC1CCCO1.CCC[CH2][Mg+].[Br-]. The maximum atomic E-state index is 5.15. The molecule has 1 heterocycles. The molecule has 1 nitrogen and oxygen atoms in total. The number of hydrogen-bond donors (Lipinski definition) is 0. The van der Waals surface area contributed by atoms with Gasteiger partial charge in [0, 0.05) is 6.61 Å². The van der Waals surface area contributed by atoms with Crippen LogP contribution in [0.1, 0.15) is 39.5 Å². The predicted octanol–water partition coefficient (Wildman–Crippen LogP) is -0.437. The maximum Gasteiger partial charge on any atom is -1.00 e. The van der Waals surface area contributed by atoms with E-state index in [2.05, 4.69) is 13.8 Å². The smallest absolute Gasteiger partial charge is 1.00 e. The third kappa shape index (κ3) is 11.2. The Labute approximate surface area is 99.8 Å². The van der Waals surface area contributed by atoms with E-state index in [0.29, 0.717) is 6.10 Å². The Balaban J connectivity index is 0. The average molecular weight is 247 g/mol. The molecule has 0 radical (unpaired) electrons. The van der Waals surface area contributed by atoms with E-state index >= 15 is 0 Å². The van der Waals surface area contributed by atoms with Crippen LogP contribution in [0.2, 0.25) is 4.55 Å². The summed E-state index contributed by atoms with van der Waals surface area (Å²) in [5.41, 5.74) is 0. The summed E-state index contributed by atoms with van der Waals surface area (Å²) < 4.78 is 6.52. The second kappa shape index (κ2) is 12.2. The predicted molar refractivity (Wildman–Crippen MR) is 50.1 cm³/mol. The molecule has 0 N–H and O–H groups in total. The van der Waals surface area contributed by atoms with E-state index in [1.165, 1.54) is 30.2 Å². The maximum absolute atomic E-state index is 5.15. The Morgan fingerprint density at radius 1 is 1.50 bits per heavy atom. The molecule has 0 aliphatic carbocycles. The second-order valence-corrected chi connectivity index (χ2v) is 3.74. The summed E-state index contributed by atoms with van der Waals surface area (Å²) in [6.07, 6.45) is 5.83. The van der Waals surface area contributed by atoms with Crippen LogP contribution in [-0.2, 0) is 4.74 Å². The molecule has 0 aromatic rings. The summed E-state index contributed by atoms with van der Waals surface area (Å²) in [6, 6.07) is 0. The Morgan fingerprint density at radius 3 is 2.25 bits per heavy atom. The number of hydrogen-bond acceptors (Lipinski definition) is 1. The van der Waals surface area contributed by atoms with E-state index in [-0.39, 0.29) is 17.0 Å². The summed E-state index contributed by atoms with van der Waals surface area (Å²) in [6.45, 7) is 5.32. The van der Waals surface area contributed by atoms with Crippen molar-refractivity contribution in [3.05, 3.63) is 0 Å². The Bertz CT molecular complexity index is 72.9. The van der Waals surface area contributed by atoms with Crippen LogP contribution < -0.4 is 17.0 Å². The van der Waals surface area contributed by atoms with E-state index in [0.717, 1.165) is 6.61 Å². The minimum absolute atomic E-state index is 0. The second-order valence-electron chi connectivity index (χ2n) is 3.03. The molecule has 3 heteroatoms. The Morgan fingerprint density at radius 2 is 2.17 bits per heavy atom. The standard InChI is InChI=1S/C5H10O.C4H9.BrH.Mg/c1-5-3-2-4-6-5;1-3-4-2;;/h5H,2-4H2,1H3;1,3-4H2,2H3;1H;/q;;;+1/p-1. The van der Waals surface area contributed by atoms with Crippen LogP contribution in [0.5, 0.6) is 0 Å². The van der Waals surface area contributed by atoms with Gasteiger partial charge in [-0.25, -0.2) is 0 Å². The molecule has 1 saturated heterocycles. The van der Waals surface area contributed by atoms with E-state index < -0.39 is 0 Å². The molecular weight excluding hydrogens is 228 g/mol. The van der Waals surface area contributed by atoms with Crippen molar-refractivity contribution >= 4 is 21.7 Å². The molecule has 12 heavy (non-hydrogen) atoms. The van der Waals surface area contributed by atoms with Crippen molar-refractivity contribution in [1.82, 2.24) is 0 Å². The first kappa shape index (κ1) is 15.7. The minimum Gasteiger partial charge on any atom is -1.00 e. The zero-order valence-electron chi connectivity index (χ0n) is 8.31. The first-order chi connectivity index (χ1) is 5.31. The first-order valence-electron chi connectivity index (χ1n) is 4.72. The van der Waals surface area contributed by atoms with Crippen LogP contribution in [-0.4, -0.2) is 34.4 Å². The van der Waals surface area contributed by atoms with Gasteiger partial charge in [0.2, 0.25) is 0 Å². The fraction of sp³-hybridized carbons (Fsp3) is 1.00. The molecule has 0 aromatic carbocycles. The van der Waals surface area contributed by atoms with Crippen molar-refractivity contribution in [2.45, 2.75) is 50.2 Å². The summed E-state index contributed by atoms with van der Waals surface area (Å²) >= 11 is 2.05. The van der Waals surface area contributed by atoms with Gasteiger partial charge in [-0.15, -0.1) is 0 Å². The Hall–Kier alpha value is 1.21. The molecule has 70 valence electrons. The minimum atomic E-state index is 0. The number of unbranched alkanes of at least 4 members (excludes halogenated alkanes) is 1. The normalized spacial score (nSPS) is 20.8. The molecule has 0 spiro atoms. The third-order valence-electron chi connectivity index (χ3n) is 1.76. The topological polar surface area (TPSA) is 9.23 Å². The van der Waals surface area contributed by atoms with Gasteiger partial charge < -0.3 is 21.7 Å². The summed E-state index contributed by atoms with van der Waals surface area (Å²) in [5.74, 6) is 0. The number of ether oxygens (including phenoxy) is 1. The van der Waals surface area contributed by atoms with Crippen molar-refractivity contribution in [3.63, 3.8) is 0 Å². The zero-order chi connectivity index (χ0) is 8.53. The quantitative estimate of drug-likeness (QED) is 0.602. The van der Waals surface area contributed by atoms with Gasteiger partial charge in [0.05, 0.1) is 6.10 Å². The van der Waals surface area contributed by atoms with Gasteiger partial charge in [0.25, 0.3) is 0 Å². The van der Waals surface area contributed by atoms with Gasteiger partial charge in [0.1, 0.15) is 0 Å². The molecule has 0 bridgehead atoms. The molecule has 1 atom stereocenters.